The van der Waals surface area contributed by atoms with Crippen LogP contribution in [0.2, 0.25) is 0 Å². The largest absolute Gasteiger partial charge is 0.503 e. The number of nitrogens with two attached hydrogens (primary N) is 1. The Balaban J connectivity index is 2.38. The topological polar surface area (TPSA) is 85.3 Å². The monoisotopic (exact) mass is 262 g/mol. The van der Waals surface area contributed by atoms with Gasteiger partial charge in [0.15, 0.2) is 5.75 Å². The van der Waals surface area contributed by atoms with Gasteiger partial charge in [0.1, 0.15) is 11.4 Å². The molecule has 0 bridgehead atoms. The van der Waals surface area contributed by atoms with Gasteiger partial charge < -0.3 is 15.4 Å². The van der Waals surface area contributed by atoms with Crippen molar-refractivity contribution in [1.82, 2.24) is 4.57 Å². The lowest BCUT2D eigenvalue weighted by molar-refractivity contribution is 0.0998. The molecule has 0 fully saturated rings. The predicted molar refractivity (Wildman–Crippen MR) is 66.4 cm³/mol. The summed E-state index contributed by atoms with van der Waals surface area (Å²) in [6.45, 7) is 0.272. The van der Waals surface area contributed by atoms with Gasteiger partial charge in [0, 0.05) is 12.7 Å². The molecule has 0 aliphatic rings. The Bertz CT molecular complexity index is 677. The highest BCUT2D eigenvalue weighted by molar-refractivity contribution is 5.92. The van der Waals surface area contributed by atoms with E-state index in [4.69, 9.17) is 5.73 Å². The van der Waals surface area contributed by atoms with Crippen LogP contribution in [0, 0.1) is 5.82 Å². The fourth-order valence-corrected chi connectivity index (χ4v) is 1.68. The number of aromatic hydroxyl groups is 1. The molecular weight excluding hydrogens is 251 g/mol. The molecule has 0 saturated carbocycles. The van der Waals surface area contributed by atoms with Crippen LogP contribution in [0.25, 0.3) is 0 Å². The highest BCUT2D eigenvalue weighted by Gasteiger charge is 2.11. The molecule has 1 aromatic carbocycles. The van der Waals surface area contributed by atoms with E-state index in [0.29, 0.717) is 0 Å². The minimum atomic E-state index is -0.909. The molecule has 0 atom stereocenters. The second-order valence-corrected chi connectivity index (χ2v) is 4.05. The van der Waals surface area contributed by atoms with Gasteiger partial charge in [-0.05, 0) is 17.7 Å². The van der Waals surface area contributed by atoms with Gasteiger partial charge in [-0.1, -0.05) is 12.1 Å². The average Bonchev–Trinajstić information content (AvgIpc) is 2.36. The van der Waals surface area contributed by atoms with E-state index in [1.54, 1.807) is 12.1 Å². The Morgan fingerprint density at radius 2 is 1.89 bits per heavy atom. The molecule has 6 heteroatoms. The van der Waals surface area contributed by atoms with Crippen LogP contribution in [0.15, 0.2) is 41.5 Å². The molecule has 98 valence electrons. The summed E-state index contributed by atoms with van der Waals surface area (Å²) in [4.78, 5) is 22.5. The zero-order valence-electron chi connectivity index (χ0n) is 9.84. The van der Waals surface area contributed by atoms with E-state index in [1.807, 2.05) is 0 Å². The van der Waals surface area contributed by atoms with E-state index in [1.165, 1.54) is 29.1 Å². The summed E-state index contributed by atoms with van der Waals surface area (Å²) in [6.07, 6.45) is 2.45. The van der Waals surface area contributed by atoms with Crippen LogP contribution < -0.4 is 11.2 Å². The Morgan fingerprint density at radius 3 is 2.47 bits per heavy atom. The molecule has 0 aliphatic carbocycles. The van der Waals surface area contributed by atoms with Gasteiger partial charge in [-0.15, -0.1) is 0 Å². The first-order valence-electron chi connectivity index (χ1n) is 5.44. The number of carbonyl (C=O) groups excluding carboxylic acids is 1. The maximum atomic E-state index is 12.8. The molecule has 3 N–H and O–H groups in total. The molecule has 19 heavy (non-hydrogen) atoms. The summed E-state index contributed by atoms with van der Waals surface area (Å²) >= 11 is 0. The maximum absolute atomic E-state index is 12.8. The Labute approximate surface area is 107 Å². The third kappa shape index (κ3) is 2.79. The van der Waals surface area contributed by atoms with Crippen LogP contribution in [0.5, 0.6) is 5.75 Å². The molecule has 2 aromatic rings. The normalized spacial score (nSPS) is 10.4. The molecular formula is C13H11FN2O3. The predicted octanol–water partition coefficient (Wildman–Crippen LogP) is 0.840. The lowest BCUT2D eigenvalue weighted by Gasteiger charge is -2.08. The van der Waals surface area contributed by atoms with E-state index in [9.17, 15) is 19.1 Å². The van der Waals surface area contributed by atoms with E-state index in [0.717, 1.165) is 5.56 Å². The fraction of sp³-hybridized carbons (Fsp3) is 0.0769. The first-order chi connectivity index (χ1) is 8.97. The number of primary amides is 1. The number of amides is 1. The van der Waals surface area contributed by atoms with Gasteiger partial charge in [-0.2, -0.15) is 0 Å². The van der Waals surface area contributed by atoms with Crippen LogP contribution in [-0.4, -0.2) is 15.6 Å². The van der Waals surface area contributed by atoms with Crippen molar-refractivity contribution in [3.8, 4) is 5.75 Å². The summed E-state index contributed by atoms with van der Waals surface area (Å²) in [5.41, 5.74) is 4.71. The lowest BCUT2D eigenvalue weighted by Crippen LogP contribution is -2.23. The Morgan fingerprint density at radius 1 is 1.26 bits per heavy atom. The third-order valence-corrected chi connectivity index (χ3v) is 2.60. The SMILES string of the molecule is NC(=O)c1cn(Cc2ccc(F)cc2)cc(O)c1=O. The summed E-state index contributed by atoms with van der Waals surface area (Å²) in [6, 6.07) is 5.72. The van der Waals surface area contributed by atoms with Crippen molar-refractivity contribution >= 4 is 5.91 Å². The van der Waals surface area contributed by atoms with Crippen molar-refractivity contribution in [2.24, 2.45) is 5.73 Å². The van der Waals surface area contributed by atoms with Crippen LogP contribution in [0.3, 0.4) is 0 Å². The second-order valence-electron chi connectivity index (χ2n) is 4.05. The average molecular weight is 262 g/mol. The van der Waals surface area contributed by atoms with Crippen molar-refractivity contribution < 1.29 is 14.3 Å². The van der Waals surface area contributed by atoms with Crippen LogP contribution >= 0.6 is 0 Å². The molecule has 1 amide bonds. The third-order valence-electron chi connectivity index (χ3n) is 2.60. The molecule has 2 rings (SSSR count). The van der Waals surface area contributed by atoms with E-state index in [-0.39, 0.29) is 17.9 Å². The zero-order chi connectivity index (χ0) is 14.0. The molecule has 5 nitrogen and oxygen atoms in total. The van der Waals surface area contributed by atoms with Crippen LogP contribution in [0.4, 0.5) is 4.39 Å². The summed E-state index contributed by atoms with van der Waals surface area (Å²) < 4.78 is 14.2. The number of rotatable bonds is 3. The maximum Gasteiger partial charge on any atom is 0.254 e. The van der Waals surface area contributed by atoms with E-state index in [2.05, 4.69) is 0 Å². The van der Waals surface area contributed by atoms with Gasteiger partial charge in [0.2, 0.25) is 5.43 Å². The van der Waals surface area contributed by atoms with Gasteiger partial charge in [-0.25, -0.2) is 4.39 Å². The van der Waals surface area contributed by atoms with Crippen molar-refractivity contribution in [1.29, 1.82) is 0 Å². The fourth-order valence-electron chi connectivity index (χ4n) is 1.68. The van der Waals surface area contributed by atoms with Crippen molar-refractivity contribution in [2.45, 2.75) is 6.54 Å². The minimum Gasteiger partial charge on any atom is -0.503 e. The van der Waals surface area contributed by atoms with Crippen molar-refractivity contribution in [2.75, 3.05) is 0 Å². The molecule has 1 aromatic heterocycles. The van der Waals surface area contributed by atoms with E-state index >= 15 is 0 Å². The van der Waals surface area contributed by atoms with E-state index < -0.39 is 17.1 Å². The molecule has 0 radical (unpaired) electrons. The number of benzene rings is 1. The van der Waals surface area contributed by atoms with Gasteiger partial charge >= 0.3 is 0 Å². The Hall–Kier alpha value is -2.63. The zero-order valence-corrected chi connectivity index (χ0v) is 9.84. The lowest BCUT2D eigenvalue weighted by atomic mass is 10.2. The highest BCUT2D eigenvalue weighted by Crippen LogP contribution is 2.08. The number of carbonyl (C=O) groups is 1. The standard InChI is InChI=1S/C13H11FN2O3/c14-9-3-1-8(2-4-9)5-16-6-10(13(15)19)12(18)11(17)7-16/h1-4,6-7,17H,5H2,(H2,15,19). The number of nitrogens with zero attached hydrogens (tertiary/aromatic N) is 1. The quantitative estimate of drug-likeness (QED) is 0.859. The minimum absolute atomic E-state index is 0.272. The van der Waals surface area contributed by atoms with Crippen LogP contribution in [0.1, 0.15) is 15.9 Å². The first kappa shape index (κ1) is 12.8. The number of halogens is 1. The molecule has 0 spiro atoms. The first-order valence-corrected chi connectivity index (χ1v) is 5.44. The molecule has 0 saturated heterocycles. The number of pyridine rings is 1. The highest BCUT2D eigenvalue weighted by atomic mass is 19.1. The van der Waals surface area contributed by atoms with Crippen molar-refractivity contribution in [3.63, 3.8) is 0 Å². The van der Waals surface area contributed by atoms with Gasteiger partial charge in [0.05, 0.1) is 6.20 Å². The molecule has 0 aliphatic heterocycles. The second kappa shape index (κ2) is 4.93. The number of hydrogen-bond acceptors (Lipinski definition) is 3. The molecule has 0 unspecified atom stereocenters. The smallest absolute Gasteiger partial charge is 0.254 e. The number of aromatic nitrogens is 1. The Kier molecular flexibility index (Phi) is 3.33. The number of hydrogen-bond donors (Lipinski definition) is 2. The summed E-state index contributed by atoms with van der Waals surface area (Å²) in [7, 11) is 0. The summed E-state index contributed by atoms with van der Waals surface area (Å²) in [5, 5.41) is 9.45. The van der Waals surface area contributed by atoms with Gasteiger partial charge in [0.25, 0.3) is 5.91 Å². The summed E-state index contributed by atoms with van der Waals surface area (Å²) in [5.74, 6) is -1.82. The van der Waals surface area contributed by atoms with Crippen molar-refractivity contribution in [3.05, 3.63) is 63.8 Å². The van der Waals surface area contributed by atoms with Gasteiger partial charge in [-0.3, -0.25) is 9.59 Å². The van der Waals surface area contributed by atoms with Crippen LogP contribution in [-0.2, 0) is 6.54 Å². The molecule has 1 heterocycles.